The molecule has 6 heterocycles. The number of halogens is 1. The van der Waals surface area contributed by atoms with E-state index < -0.39 is 5.82 Å². The Bertz CT molecular complexity index is 1810. The van der Waals surface area contributed by atoms with E-state index in [0.717, 1.165) is 57.2 Å². The third kappa shape index (κ3) is 4.38. The van der Waals surface area contributed by atoms with Crippen LogP contribution in [-0.2, 0) is 0 Å². The van der Waals surface area contributed by atoms with Gasteiger partial charge in [0.05, 0.1) is 10.9 Å². The highest BCUT2D eigenvalue weighted by atomic mass is 19.1. The molecule has 44 heavy (non-hydrogen) atoms. The van der Waals surface area contributed by atoms with Gasteiger partial charge in [-0.1, -0.05) is 31.9 Å². The zero-order valence-electron chi connectivity index (χ0n) is 25.3. The number of anilines is 2. The predicted octanol–water partition coefficient (Wildman–Crippen LogP) is 4.99. The topological polar surface area (TPSA) is 92.4 Å². The highest BCUT2D eigenvalue weighted by Gasteiger charge is 2.50. The van der Waals surface area contributed by atoms with Crippen molar-refractivity contribution in [2.45, 2.75) is 57.2 Å². The van der Waals surface area contributed by atoms with Gasteiger partial charge in [0.1, 0.15) is 23.6 Å². The van der Waals surface area contributed by atoms with Crippen LogP contribution in [0.3, 0.4) is 0 Å². The second-order valence-electron chi connectivity index (χ2n) is 13.7. The number of nitrogen functional groups attached to an aromatic ring is 1. The monoisotopic (exact) mass is 591 g/mol. The number of benzene rings is 2. The van der Waals surface area contributed by atoms with E-state index in [1.54, 1.807) is 18.3 Å². The summed E-state index contributed by atoms with van der Waals surface area (Å²) in [5, 5.41) is 5.74. The molecule has 2 aromatic carbocycles. The van der Waals surface area contributed by atoms with Crippen LogP contribution in [-0.4, -0.2) is 70.3 Å². The zero-order chi connectivity index (χ0) is 30.2. The summed E-state index contributed by atoms with van der Waals surface area (Å²) in [5.41, 5.74) is 8.46. The summed E-state index contributed by atoms with van der Waals surface area (Å²) in [6.07, 6.45) is 12.0. The van der Waals surface area contributed by atoms with Crippen LogP contribution in [0.1, 0.15) is 45.1 Å². The lowest BCUT2D eigenvalue weighted by molar-refractivity contribution is 0.107. The normalized spacial score (nSPS) is 28.1. The fourth-order valence-electron chi connectivity index (χ4n) is 8.62. The van der Waals surface area contributed by atoms with Gasteiger partial charge < -0.3 is 20.7 Å². The van der Waals surface area contributed by atoms with Gasteiger partial charge in [-0.05, 0) is 55.7 Å². The summed E-state index contributed by atoms with van der Waals surface area (Å²) in [6.45, 7) is 8.88. The molecule has 0 saturated carbocycles. The van der Waals surface area contributed by atoms with Crippen molar-refractivity contribution in [1.82, 2.24) is 25.2 Å². The molecule has 0 aliphatic carbocycles. The van der Waals surface area contributed by atoms with Crippen molar-refractivity contribution in [3.8, 4) is 29.6 Å². The molecule has 8 rings (SSSR count). The fourth-order valence-corrected chi connectivity index (χ4v) is 8.62. The summed E-state index contributed by atoms with van der Waals surface area (Å²) in [4.78, 5) is 19.2. The molecule has 4 aliphatic rings. The minimum absolute atomic E-state index is 0.0259. The molecular weight excluding hydrogens is 553 g/mol. The molecule has 2 bridgehead atoms. The van der Waals surface area contributed by atoms with Crippen LogP contribution in [0, 0.1) is 30.0 Å². The third-order valence-corrected chi connectivity index (χ3v) is 10.3. The molecule has 9 heteroatoms. The summed E-state index contributed by atoms with van der Waals surface area (Å²) in [7, 11) is 0. The van der Waals surface area contributed by atoms with Crippen LogP contribution in [0.2, 0.25) is 0 Å². The molecule has 3 N–H and O–H groups in total. The first-order valence-corrected chi connectivity index (χ1v) is 15.8. The second-order valence-corrected chi connectivity index (χ2v) is 13.7. The number of hydrogen-bond acceptors (Lipinski definition) is 8. The van der Waals surface area contributed by atoms with Crippen LogP contribution in [0.4, 0.5) is 15.9 Å². The van der Waals surface area contributed by atoms with Crippen molar-refractivity contribution >= 4 is 33.2 Å². The average molecular weight is 592 g/mol. The Morgan fingerprint density at radius 1 is 1.05 bits per heavy atom. The van der Waals surface area contributed by atoms with Crippen molar-refractivity contribution in [1.29, 1.82) is 0 Å². The molecule has 0 spiro atoms. The average Bonchev–Trinajstić information content (AvgIpc) is 3.62. The Kier molecular flexibility index (Phi) is 6.44. The maximum atomic E-state index is 16.8. The van der Waals surface area contributed by atoms with Gasteiger partial charge in [-0.3, -0.25) is 9.88 Å². The van der Waals surface area contributed by atoms with E-state index >= 15 is 4.39 Å². The molecular formula is C35H38FN7O. The Morgan fingerprint density at radius 3 is 2.52 bits per heavy atom. The van der Waals surface area contributed by atoms with Gasteiger partial charge >= 0.3 is 6.01 Å². The van der Waals surface area contributed by atoms with Crippen molar-refractivity contribution in [2.24, 2.45) is 11.8 Å². The van der Waals surface area contributed by atoms with Crippen LogP contribution in [0.25, 0.3) is 32.9 Å². The molecule has 4 fully saturated rings. The lowest BCUT2D eigenvalue weighted by Crippen LogP contribution is -2.51. The minimum atomic E-state index is -0.518. The van der Waals surface area contributed by atoms with Crippen molar-refractivity contribution in [2.75, 3.05) is 43.4 Å². The molecule has 2 aromatic heterocycles. The van der Waals surface area contributed by atoms with Gasteiger partial charge in [-0.15, -0.1) is 6.42 Å². The number of pyridine rings is 1. The second kappa shape index (κ2) is 10.3. The summed E-state index contributed by atoms with van der Waals surface area (Å²) in [5.74, 6) is 4.13. The number of piperazine rings is 1. The van der Waals surface area contributed by atoms with E-state index in [0.29, 0.717) is 63.9 Å². The number of nitrogens with zero attached hydrogens (tertiary/aromatic N) is 5. The third-order valence-electron chi connectivity index (χ3n) is 10.3. The minimum Gasteiger partial charge on any atom is -0.461 e. The Morgan fingerprint density at radius 2 is 1.80 bits per heavy atom. The number of fused-ring (bicyclic) bond motifs is 5. The lowest BCUT2D eigenvalue weighted by Gasteiger charge is -2.34. The van der Waals surface area contributed by atoms with Crippen molar-refractivity contribution in [3.63, 3.8) is 0 Å². The molecule has 8 nitrogen and oxygen atoms in total. The maximum Gasteiger partial charge on any atom is 0.319 e. The number of hydrogen-bond donors (Lipinski definition) is 2. The number of nitrogens with one attached hydrogen (secondary N) is 1. The van der Waals surface area contributed by atoms with Gasteiger partial charge in [0.2, 0.25) is 0 Å². The smallest absolute Gasteiger partial charge is 0.319 e. The molecule has 4 aromatic rings. The van der Waals surface area contributed by atoms with Crippen LogP contribution in [0.5, 0.6) is 6.01 Å². The van der Waals surface area contributed by atoms with Crippen LogP contribution in [0.15, 0.2) is 36.5 Å². The van der Waals surface area contributed by atoms with Gasteiger partial charge in [0, 0.05) is 72.0 Å². The van der Waals surface area contributed by atoms with E-state index in [2.05, 4.69) is 39.9 Å². The summed E-state index contributed by atoms with van der Waals surface area (Å²) < 4.78 is 23.3. The summed E-state index contributed by atoms with van der Waals surface area (Å²) in [6, 6.07) is 10.2. The largest absolute Gasteiger partial charge is 0.461 e. The first-order valence-electron chi connectivity index (χ1n) is 15.8. The molecule has 4 atom stereocenters. The van der Waals surface area contributed by atoms with Crippen molar-refractivity contribution < 1.29 is 9.13 Å². The van der Waals surface area contributed by atoms with E-state index in [-0.39, 0.29) is 22.8 Å². The Hall–Kier alpha value is -4.00. The number of nitrogens with two attached hydrogens (primary N) is 1. The quantitative estimate of drug-likeness (QED) is 0.248. The number of aromatic nitrogens is 3. The Labute approximate surface area is 257 Å². The molecule has 2 unspecified atom stereocenters. The first kappa shape index (κ1) is 27.5. The molecule has 0 radical (unpaired) electrons. The molecule has 4 saturated heterocycles. The van der Waals surface area contributed by atoms with Crippen LogP contribution < -0.4 is 20.7 Å². The van der Waals surface area contributed by atoms with Gasteiger partial charge in [0.25, 0.3) is 0 Å². The predicted molar refractivity (Wildman–Crippen MR) is 172 cm³/mol. The van der Waals surface area contributed by atoms with E-state index in [9.17, 15) is 0 Å². The Balaban J connectivity index is 1.26. The fraction of sp³-hybridized carbons (Fsp3) is 0.457. The molecule has 226 valence electrons. The number of terminal acetylenes is 1. The highest BCUT2D eigenvalue weighted by molar-refractivity contribution is 6.06. The lowest BCUT2D eigenvalue weighted by atomic mass is 9.89. The maximum absolute atomic E-state index is 16.8. The van der Waals surface area contributed by atoms with E-state index in [1.165, 1.54) is 0 Å². The molecule has 0 amide bonds. The standard InChI is InChI=1S/C35H38FN7O/c1-4-22-6-5-7-25-28(37)11-10-26(29(22)25)31-30(36)32-27(14-38-31)33(42-17-23-8-9-24(18-42)39-23)41-34(40-32)44-19-35-12-20(2)15-43(35)16-21(3)13-35/h1,5-7,10-11,14,20-21,23-24,39H,8-9,12-13,15-19,37H2,2-3H3/t20?,21?,23-,24+,35?. The van der Waals surface area contributed by atoms with Gasteiger partial charge in [-0.2, -0.15) is 9.97 Å². The van der Waals surface area contributed by atoms with E-state index in [1.807, 2.05) is 18.2 Å². The summed E-state index contributed by atoms with van der Waals surface area (Å²) >= 11 is 0. The number of ether oxygens (including phenoxy) is 1. The van der Waals surface area contributed by atoms with Gasteiger partial charge in [0.15, 0.2) is 5.82 Å². The number of rotatable bonds is 5. The first-order chi connectivity index (χ1) is 21.3. The van der Waals surface area contributed by atoms with E-state index in [4.69, 9.17) is 26.9 Å². The zero-order valence-corrected chi connectivity index (χ0v) is 25.3. The highest BCUT2D eigenvalue weighted by Crippen LogP contribution is 2.44. The van der Waals surface area contributed by atoms with Crippen molar-refractivity contribution in [3.05, 3.63) is 47.9 Å². The van der Waals surface area contributed by atoms with Gasteiger partial charge in [-0.25, -0.2) is 4.39 Å². The molecule has 4 aliphatic heterocycles. The SMILES string of the molecule is C#Cc1cccc2c(N)ccc(-c3ncc4c(N5C[C@H]6CC[C@@H](C5)N6)nc(OCC56CC(C)CN5CC(C)C6)nc4c3F)c12. The van der Waals surface area contributed by atoms with Crippen LogP contribution >= 0.6 is 0 Å².